The van der Waals surface area contributed by atoms with Gasteiger partial charge in [0.25, 0.3) is 0 Å². The normalized spacial score (nSPS) is 19.0. The molecule has 0 unspecified atom stereocenters. The van der Waals surface area contributed by atoms with Crippen LogP contribution in [0.2, 0.25) is 0 Å². The largest absolute Gasteiger partial charge is 0.380 e. The van der Waals surface area contributed by atoms with Gasteiger partial charge in [0.2, 0.25) is 0 Å². The van der Waals surface area contributed by atoms with Crippen LogP contribution in [0.3, 0.4) is 0 Å². The summed E-state index contributed by atoms with van der Waals surface area (Å²) >= 11 is 3.26. The molecule has 0 aromatic carbocycles. The molecule has 0 saturated carbocycles. The van der Waals surface area contributed by atoms with Crippen LogP contribution in [0.15, 0.2) is 14.7 Å². The maximum absolute atomic E-state index is 5.33. The molecule has 0 spiro atoms. The van der Waals surface area contributed by atoms with E-state index in [2.05, 4.69) is 14.9 Å². The minimum atomic E-state index is 0.775. The summed E-state index contributed by atoms with van der Waals surface area (Å²) in [6.45, 7) is 1.55. The molecule has 6 heteroatoms. The number of hydrogen-bond acceptors (Lipinski definition) is 6. The first-order valence-corrected chi connectivity index (χ1v) is 5.60. The second-order valence-electron chi connectivity index (χ2n) is 2.18. The Balaban J connectivity index is 2.10. The molecule has 0 saturated heterocycles. The first-order valence-electron chi connectivity index (χ1n) is 3.63. The third kappa shape index (κ3) is 1.94. The van der Waals surface area contributed by atoms with E-state index in [0.717, 1.165) is 34.8 Å². The van der Waals surface area contributed by atoms with Crippen LogP contribution in [0.5, 0.6) is 0 Å². The third-order valence-corrected chi connectivity index (χ3v) is 3.32. The monoisotopic (exact) mass is 204 g/mol. The van der Waals surface area contributed by atoms with Crippen LogP contribution in [0, 0.1) is 0 Å². The molecule has 66 valence electrons. The molecule has 0 fully saturated rings. The lowest BCUT2D eigenvalue weighted by Gasteiger charge is -1.97. The molecule has 12 heavy (non-hydrogen) atoms. The summed E-state index contributed by atoms with van der Waals surface area (Å²) in [5, 5.41) is 9.39. The summed E-state index contributed by atoms with van der Waals surface area (Å²) < 4.78 is 9.96. The van der Waals surface area contributed by atoms with Gasteiger partial charge in [0, 0.05) is 11.5 Å². The molecule has 0 atom stereocenters. The van der Waals surface area contributed by atoms with Crippen molar-refractivity contribution in [2.24, 2.45) is 0 Å². The van der Waals surface area contributed by atoms with Crippen LogP contribution in [-0.2, 0) is 4.74 Å². The zero-order valence-corrected chi connectivity index (χ0v) is 7.99. The fourth-order valence-corrected chi connectivity index (χ4v) is 2.48. The van der Waals surface area contributed by atoms with Crippen LogP contribution < -0.4 is 0 Å². The predicted molar refractivity (Wildman–Crippen MR) is 46.6 cm³/mol. The molecule has 1 aromatic rings. The molecule has 1 aliphatic heterocycles. The van der Waals surface area contributed by atoms with Gasteiger partial charge in [-0.05, 0) is 10.3 Å². The standard InChI is InChI=1S/C6H8N2O2S2/c1-3-11-5-6(8-10-7-5)12-4-2-9-1/h1-4H2. The van der Waals surface area contributed by atoms with Gasteiger partial charge in [-0.2, -0.15) is 0 Å². The van der Waals surface area contributed by atoms with Gasteiger partial charge >= 0.3 is 0 Å². The molecule has 0 bridgehead atoms. The van der Waals surface area contributed by atoms with Crippen molar-refractivity contribution in [3.05, 3.63) is 0 Å². The summed E-state index contributed by atoms with van der Waals surface area (Å²) in [6.07, 6.45) is 0. The van der Waals surface area contributed by atoms with E-state index >= 15 is 0 Å². The van der Waals surface area contributed by atoms with Gasteiger partial charge in [-0.3, -0.25) is 0 Å². The smallest absolute Gasteiger partial charge is 0.175 e. The van der Waals surface area contributed by atoms with E-state index < -0.39 is 0 Å². The topological polar surface area (TPSA) is 48.2 Å². The highest BCUT2D eigenvalue weighted by atomic mass is 32.2. The number of fused-ring (bicyclic) bond motifs is 1. The molecule has 1 aliphatic rings. The van der Waals surface area contributed by atoms with Gasteiger partial charge < -0.3 is 4.74 Å². The highest BCUT2D eigenvalue weighted by Crippen LogP contribution is 2.28. The van der Waals surface area contributed by atoms with Crippen molar-refractivity contribution in [2.45, 2.75) is 10.1 Å². The van der Waals surface area contributed by atoms with Crippen LogP contribution in [-0.4, -0.2) is 35.0 Å². The van der Waals surface area contributed by atoms with E-state index in [1.54, 1.807) is 23.5 Å². The van der Waals surface area contributed by atoms with Crippen molar-refractivity contribution < 1.29 is 9.37 Å². The fourth-order valence-electron chi connectivity index (χ4n) is 0.845. The number of hydrogen-bond donors (Lipinski definition) is 0. The van der Waals surface area contributed by atoms with Crippen molar-refractivity contribution in [3.63, 3.8) is 0 Å². The zero-order valence-electron chi connectivity index (χ0n) is 6.36. The van der Waals surface area contributed by atoms with E-state index in [1.807, 2.05) is 0 Å². The molecular formula is C6H8N2O2S2. The molecule has 0 radical (unpaired) electrons. The summed E-state index contributed by atoms with van der Waals surface area (Å²) in [7, 11) is 0. The van der Waals surface area contributed by atoms with Crippen molar-refractivity contribution in [2.75, 3.05) is 24.7 Å². The predicted octanol–water partition coefficient (Wildman–Crippen LogP) is 1.28. The summed E-state index contributed by atoms with van der Waals surface area (Å²) in [4.78, 5) is 0. The summed E-state index contributed by atoms with van der Waals surface area (Å²) in [6, 6.07) is 0. The highest BCUT2D eigenvalue weighted by Gasteiger charge is 2.12. The Morgan fingerprint density at radius 2 is 1.58 bits per heavy atom. The first kappa shape index (κ1) is 8.40. The molecular weight excluding hydrogens is 196 g/mol. The zero-order chi connectivity index (χ0) is 8.23. The number of thioether (sulfide) groups is 2. The Kier molecular flexibility index (Phi) is 2.91. The van der Waals surface area contributed by atoms with E-state index in [-0.39, 0.29) is 0 Å². The van der Waals surface area contributed by atoms with Gasteiger partial charge in [0.15, 0.2) is 10.1 Å². The van der Waals surface area contributed by atoms with Crippen LogP contribution >= 0.6 is 23.5 Å². The summed E-state index contributed by atoms with van der Waals surface area (Å²) in [5.41, 5.74) is 0. The number of nitrogens with zero attached hydrogens (tertiary/aromatic N) is 2. The van der Waals surface area contributed by atoms with Crippen molar-refractivity contribution >= 4 is 23.5 Å². The Morgan fingerprint density at radius 3 is 2.17 bits per heavy atom. The second kappa shape index (κ2) is 4.15. The van der Waals surface area contributed by atoms with Crippen LogP contribution in [0.1, 0.15) is 0 Å². The Labute approximate surface area is 78.4 Å². The number of aromatic nitrogens is 2. The maximum Gasteiger partial charge on any atom is 0.175 e. The van der Waals surface area contributed by atoms with Gasteiger partial charge in [0.05, 0.1) is 13.2 Å². The molecule has 1 aromatic heterocycles. The van der Waals surface area contributed by atoms with Gasteiger partial charge in [-0.15, -0.1) is 0 Å². The van der Waals surface area contributed by atoms with E-state index in [4.69, 9.17) is 4.74 Å². The Morgan fingerprint density at radius 1 is 1.00 bits per heavy atom. The fraction of sp³-hybridized carbons (Fsp3) is 0.667. The highest BCUT2D eigenvalue weighted by molar-refractivity contribution is 8.02. The average Bonchev–Trinajstić information content (AvgIpc) is 2.50. The lowest BCUT2D eigenvalue weighted by atomic mass is 10.8. The van der Waals surface area contributed by atoms with Gasteiger partial charge in [-0.25, -0.2) is 4.63 Å². The first-order chi connectivity index (χ1) is 5.97. The lowest BCUT2D eigenvalue weighted by Crippen LogP contribution is -1.99. The molecule has 0 amide bonds. The SMILES string of the molecule is C1CSc2nonc2SCCO1. The molecule has 0 N–H and O–H groups in total. The van der Waals surface area contributed by atoms with Gasteiger partial charge in [0.1, 0.15) is 0 Å². The molecule has 2 heterocycles. The molecule has 0 aliphatic carbocycles. The third-order valence-electron chi connectivity index (χ3n) is 1.36. The minimum absolute atomic E-state index is 0.775. The number of rotatable bonds is 0. The van der Waals surface area contributed by atoms with E-state index in [0.29, 0.717) is 0 Å². The lowest BCUT2D eigenvalue weighted by molar-refractivity contribution is 0.167. The Bertz CT molecular complexity index is 231. The molecule has 4 nitrogen and oxygen atoms in total. The minimum Gasteiger partial charge on any atom is -0.380 e. The summed E-state index contributed by atoms with van der Waals surface area (Å²) in [5.74, 6) is 1.84. The van der Waals surface area contributed by atoms with Crippen molar-refractivity contribution in [1.82, 2.24) is 10.3 Å². The Hall–Kier alpha value is -0.200. The van der Waals surface area contributed by atoms with Crippen LogP contribution in [0.4, 0.5) is 0 Å². The van der Waals surface area contributed by atoms with E-state index in [1.165, 1.54) is 0 Å². The van der Waals surface area contributed by atoms with Crippen LogP contribution in [0.25, 0.3) is 0 Å². The van der Waals surface area contributed by atoms with Gasteiger partial charge in [-0.1, -0.05) is 23.5 Å². The molecule has 2 rings (SSSR count). The van der Waals surface area contributed by atoms with E-state index in [9.17, 15) is 0 Å². The average molecular weight is 204 g/mol. The maximum atomic E-state index is 5.33. The van der Waals surface area contributed by atoms with Crippen molar-refractivity contribution in [1.29, 1.82) is 0 Å². The van der Waals surface area contributed by atoms with Crippen molar-refractivity contribution in [3.8, 4) is 0 Å². The number of ether oxygens (including phenoxy) is 1. The second-order valence-corrected chi connectivity index (χ2v) is 4.35. The quantitative estimate of drug-likeness (QED) is 0.634.